The summed E-state index contributed by atoms with van der Waals surface area (Å²) in [6, 6.07) is 8.09. The van der Waals surface area contributed by atoms with Gasteiger partial charge in [0.15, 0.2) is 0 Å². The number of hydrogen-bond donors (Lipinski definition) is 2. The van der Waals surface area contributed by atoms with Crippen molar-refractivity contribution in [3.63, 3.8) is 0 Å². The molecule has 1 amide bonds. The van der Waals surface area contributed by atoms with E-state index in [0.29, 0.717) is 13.2 Å². The van der Waals surface area contributed by atoms with Crippen molar-refractivity contribution in [2.24, 2.45) is 5.92 Å². The molecular weight excluding hydrogens is 244 g/mol. The van der Waals surface area contributed by atoms with Crippen LogP contribution in [0.15, 0.2) is 24.3 Å². The van der Waals surface area contributed by atoms with Gasteiger partial charge in [0.05, 0.1) is 18.7 Å². The van der Waals surface area contributed by atoms with E-state index in [4.69, 9.17) is 4.74 Å². The molecule has 1 fully saturated rings. The third-order valence-electron chi connectivity index (χ3n) is 4.17. The first-order valence-electron chi connectivity index (χ1n) is 6.56. The molecule has 1 aromatic rings. The van der Waals surface area contributed by atoms with E-state index in [-0.39, 0.29) is 18.0 Å². The number of nitrogens with zero attached hydrogens (tertiary/aromatic N) is 1. The van der Waals surface area contributed by atoms with Gasteiger partial charge in [0.2, 0.25) is 0 Å². The molecule has 0 spiro atoms. The Morgan fingerprint density at radius 2 is 2.32 bits per heavy atom. The fraction of sp³-hybridized carbons (Fsp3) is 0.500. The molecule has 2 N–H and O–H groups in total. The molecule has 0 aromatic heterocycles. The summed E-state index contributed by atoms with van der Waals surface area (Å²) in [6.07, 6.45) is 0.0483. The summed E-state index contributed by atoms with van der Waals surface area (Å²) in [5.41, 5.74) is 2.11. The predicted octanol–water partition coefficient (Wildman–Crippen LogP) is 2.17. The SMILES string of the molecule is COC[C@@H]1Nc2ccccc2[C@H]2[C@@H]1CCN2C(=O)O. The maximum atomic E-state index is 11.4. The minimum Gasteiger partial charge on any atom is -0.465 e. The highest BCUT2D eigenvalue weighted by Gasteiger charge is 2.45. The van der Waals surface area contributed by atoms with Crippen LogP contribution >= 0.6 is 0 Å². The third-order valence-corrected chi connectivity index (χ3v) is 4.17. The molecule has 5 nitrogen and oxygen atoms in total. The van der Waals surface area contributed by atoms with Gasteiger partial charge in [-0.1, -0.05) is 18.2 Å². The average molecular weight is 262 g/mol. The summed E-state index contributed by atoms with van der Waals surface area (Å²) in [7, 11) is 1.68. The van der Waals surface area contributed by atoms with E-state index >= 15 is 0 Å². The molecule has 2 aliphatic heterocycles. The zero-order chi connectivity index (χ0) is 13.4. The Kier molecular flexibility index (Phi) is 3.06. The van der Waals surface area contributed by atoms with Gasteiger partial charge in [-0.2, -0.15) is 0 Å². The summed E-state index contributed by atoms with van der Waals surface area (Å²) in [6.45, 7) is 1.20. The van der Waals surface area contributed by atoms with Crippen LogP contribution in [-0.4, -0.2) is 42.4 Å². The minimum atomic E-state index is -0.833. The van der Waals surface area contributed by atoms with Gasteiger partial charge in [-0.25, -0.2) is 4.79 Å². The Labute approximate surface area is 112 Å². The maximum Gasteiger partial charge on any atom is 0.407 e. The van der Waals surface area contributed by atoms with Crippen LogP contribution in [0.1, 0.15) is 18.0 Å². The van der Waals surface area contributed by atoms with Gasteiger partial charge in [-0.05, 0) is 18.1 Å². The highest BCUT2D eigenvalue weighted by Crippen LogP contribution is 2.46. The molecule has 1 saturated heterocycles. The average Bonchev–Trinajstić information content (AvgIpc) is 2.84. The molecular formula is C14H18N2O3. The lowest BCUT2D eigenvalue weighted by molar-refractivity contribution is 0.119. The van der Waals surface area contributed by atoms with E-state index in [1.165, 1.54) is 0 Å². The molecule has 102 valence electrons. The number of anilines is 1. The first-order chi connectivity index (χ1) is 9.22. The van der Waals surface area contributed by atoms with Crippen molar-refractivity contribution in [2.75, 3.05) is 25.6 Å². The number of carboxylic acid groups (broad SMARTS) is 1. The molecule has 3 rings (SSSR count). The zero-order valence-electron chi connectivity index (χ0n) is 10.9. The number of benzene rings is 1. The highest BCUT2D eigenvalue weighted by atomic mass is 16.5. The van der Waals surface area contributed by atoms with E-state index in [2.05, 4.69) is 5.32 Å². The van der Waals surface area contributed by atoms with Crippen molar-refractivity contribution in [1.82, 2.24) is 4.90 Å². The van der Waals surface area contributed by atoms with Crippen LogP contribution in [0.25, 0.3) is 0 Å². The summed E-state index contributed by atoms with van der Waals surface area (Å²) >= 11 is 0. The van der Waals surface area contributed by atoms with Crippen molar-refractivity contribution in [3.8, 4) is 0 Å². The number of methoxy groups -OCH3 is 1. The van der Waals surface area contributed by atoms with Crippen molar-refractivity contribution >= 4 is 11.8 Å². The van der Waals surface area contributed by atoms with Gasteiger partial charge < -0.3 is 20.1 Å². The highest BCUT2D eigenvalue weighted by molar-refractivity contribution is 5.68. The Balaban J connectivity index is 2.01. The van der Waals surface area contributed by atoms with Gasteiger partial charge >= 0.3 is 6.09 Å². The molecule has 0 saturated carbocycles. The largest absolute Gasteiger partial charge is 0.465 e. The monoisotopic (exact) mass is 262 g/mol. The lowest BCUT2D eigenvalue weighted by Gasteiger charge is -2.38. The number of hydrogen-bond acceptors (Lipinski definition) is 3. The molecule has 0 radical (unpaired) electrons. The second-order valence-electron chi connectivity index (χ2n) is 5.17. The number of nitrogens with one attached hydrogen (secondary N) is 1. The molecule has 5 heteroatoms. The van der Waals surface area contributed by atoms with E-state index in [0.717, 1.165) is 17.7 Å². The second-order valence-corrected chi connectivity index (χ2v) is 5.17. The van der Waals surface area contributed by atoms with Crippen molar-refractivity contribution in [1.29, 1.82) is 0 Å². The Hall–Kier alpha value is -1.75. The van der Waals surface area contributed by atoms with Crippen LogP contribution in [0.4, 0.5) is 10.5 Å². The van der Waals surface area contributed by atoms with Crippen LogP contribution in [0.5, 0.6) is 0 Å². The Morgan fingerprint density at radius 3 is 3.05 bits per heavy atom. The van der Waals surface area contributed by atoms with Crippen LogP contribution in [0, 0.1) is 5.92 Å². The van der Waals surface area contributed by atoms with E-state index < -0.39 is 6.09 Å². The quantitative estimate of drug-likeness (QED) is 0.857. The van der Waals surface area contributed by atoms with Gasteiger partial charge in [0, 0.05) is 25.3 Å². The van der Waals surface area contributed by atoms with Gasteiger partial charge in [0.25, 0.3) is 0 Å². The number of fused-ring (bicyclic) bond motifs is 3. The first-order valence-corrected chi connectivity index (χ1v) is 6.56. The second kappa shape index (κ2) is 4.74. The first kappa shape index (κ1) is 12.3. The van der Waals surface area contributed by atoms with Crippen molar-refractivity contribution < 1.29 is 14.6 Å². The Morgan fingerprint density at radius 1 is 1.53 bits per heavy atom. The van der Waals surface area contributed by atoms with Crippen LogP contribution in [-0.2, 0) is 4.74 Å². The Bertz CT molecular complexity index is 491. The van der Waals surface area contributed by atoms with E-state index in [9.17, 15) is 9.90 Å². The van der Waals surface area contributed by atoms with Crippen LogP contribution in [0.2, 0.25) is 0 Å². The number of carbonyl (C=O) groups is 1. The van der Waals surface area contributed by atoms with Crippen LogP contribution in [0.3, 0.4) is 0 Å². The van der Waals surface area contributed by atoms with Crippen LogP contribution < -0.4 is 5.32 Å². The molecule has 2 heterocycles. The summed E-state index contributed by atoms with van der Waals surface area (Å²) in [5, 5.41) is 12.9. The molecule has 0 aliphatic carbocycles. The number of amides is 1. The van der Waals surface area contributed by atoms with E-state index in [1.807, 2.05) is 24.3 Å². The van der Waals surface area contributed by atoms with Crippen molar-refractivity contribution in [2.45, 2.75) is 18.5 Å². The molecule has 19 heavy (non-hydrogen) atoms. The standard InChI is InChI=1S/C14H18N2O3/c1-19-8-12-10-6-7-16(14(17)18)13(10)9-4-2-3-5-11(9)15-12/h2-5,10,12-13,15H,6-8H2,1H3,(H,17,18)/t10-,12+,13+/m1/s1. The summed E-state index contributed by atoms with van der Waals surface area (Å²) in [4.78, 5) is 13.0. The van der Waals surface area contributed by atoms with Gasteiger partial charge in [-0.15, -0.1) is 0 Å². The van der Waals surface area contributed by atoms with Gasteiger partial charge in [-0.3, -0.25) is 0 Å². The number of rotatable bonds is 2. The summed E-state index contributed by atoms with van der Waals surface area (Å²) < 4.78 is 5.27. The fourth-order valence-electron chi connectivity index (χ4n) is 3.39. The zero-order valence-corrected chi connectivity index (χ0v) is 10.9. The number of para-hydroxylation sites is 1. The lowest BCUT2D eigenvalue weighted by Crippen LogP contribution is -2.42. The summed E-state index contributed by atoms with van der Waals surface area (Å²) in [5.74, 6) is 0.283. The molecule has 0 unspecified atom stereocenters. The minimum absolute atomic E-state index is 0.0462. The number of likely N-dealkylation sites (tertiary alicyclic amines) is 1. The smallest absolute Gasteiger partial charge is 0.407 e. The fourth-order valence-corrected chi connectivity index (χ4v) is 3.39. The predicted molar refractivity (Wildman–Crippen MR) is 71.3 cm³/mol. The van der Waals surface area contributed by atoms with E-state index in [1.54, 1.807) is 12.0 Å². The lowest BCUT2D eigenvalue weighted by atomic mass is 9.83. The number of ether oxygens (including phenoxy) is 1. The van der Waals surface area contributed by atoms with Gasteiger partial charge in [0.1, 0.15) is 0 Å². The maximum absolute atomic E-state index is 11.4. The third kappa shape index (κ3) is 1.94. The topological polar surface area (TPSA) is 61.8 Å². The molecule has 0 bridgehead atoms. The molecule has 3 atom stereocenters. The molecule has 2 aliphatic rings. The normalized spacial score (nSPS) is 28.5. The van der Waals surface area contributed by atoms with Crippen molar-refractivity contribution in [3.05, 3.63) is 29.8 Å². The molecule has 1 aromatic carbocycles.